The molecule has 0 amide bonds. The second-order valence-electron chi connectivity index (χ2n) is 4.26. The van der Waals surface area contributed by atoms with Crippen LogP contribution in [0.3, 0.4) is 0 Å². The second-order valence-corrected chi connectivity index (χ2v) is 6.17. The Morgan fingerprint density at radius 2 is 2.39 bits per heavy atom. The van der Waals surface area contributed by atoms with Crippen molar-refractivity contribution in [2.45, 2.75) is 19.4 Å². The van der Waals surface area contributed by atoms with Crippen molar-refractivity contribution in [1.29, 1.82) is 0 Å². The first kappa shape index (κ1) is 11.9. The van der Waals surface area contributed by atoms with Gasteiger partial charge in [0.15, 0.2) is 0 Å². The largest absolute Gasteiger partial charge is 0.383 e. The number of hydrogen-bond donors (Lipinski definition) is 1. The number of nitrogens with one attached hydrogen (secondary N) is 1. The van der Waals surface area contributed by atoms with E-state index in [1.807, 2.05) is 11.4 Å². The van der Waals surface area contributed by atoms with Gasteiger partial charge in [0.25, 0.3) is 5.56 Å². The van der Waals surface area contributed by atoms with Crippen molar-refractivity contribution in [1.82, 2.24) is 9.78 Å². The third-order valence-corrected chi connectivity index (χ3v) is 4.59. The Bertz CT molecular complexity index is 634. The number of aryl methyl sites for hydroxylation is 1. The summed E-state index contributed by atoms with van der Waals surface area (Å²) in [4.78, 5) is 13.1. The van der Waals surface area contributed by atoms with E-state index in [9.17, 15) is 4.79 Å². The number of halogens is 1. The van der Waals surface area contributed by atoms with E-state index in [-0.39, 0.29) is 5.56 Å². The Morgan fingerprint density at radius 1 is 1.50 bits per heavy atom. The van der Waals surface area contributed by atoms with E-state index >= 15 is 0 Å². The monoisotopic (exact) mass is 325 g/mol. The van der Waals surface area contributed by atoms with Gasteiger partial charge in [-0.25, -0.2) is 4.68 Å². The second kappa shape index (κ2) is 4.85. The zero-order valence-electron chi connectivity index (χ0n) is 9.65. The van der Waals surface area contributed by atoms with Crippen molar-refractivity contribution in [2.75, 3.05) is 11.9 Å². The van der Waals surface area contributed by atoms with Gasteiger partial charge < -0.3 is 5.32 Å². The van der Waals surface area contributed by atoms with Crippen molar-refractivity contribution >= 4 is 33.0 Å². The zero-order valence-corrected chi connectivity index (χ0v) is 12.1. The summed E-state index contributed by atoms with van der Waals surface area (Å²) in [7, 11) is 0. The Kier molecular flexibility index (Phi) is 3.22. The predicted octanol–water partition coefficient (Wildman–Crippen LogP) is 2.47. The maximum absolute atomic E-state index is 12.0. The van der Waals surface area contributed by atoms with Crippen LogP contribution in [-0.2, 0) is 13.0 Å². The number of thiophene rings is 1. The van der Waals surface area contributed by atoms with E-state index in [0.717, 1.165) is 40.1 Å². The number of nitrogens with zero attached hydrogens (tertiary/aromatic N) is 2. The highest BCUT2D eigenvalue weighted by Crippen LogP contribution is 2.21. The Hall–Kier alpha value is -1.14. The zero-order chi connectivity index (χ0) is 12.5. The molecule has 0 spiro atoms. The van der Waals surface area contributed by atoms with E-state index in [2.05, 4.69) is 26.3 Å². The molecule has 4 nitrogen and oxygen atoms in total. The fourth-order valence-corrected chi connectivity index (χ4v) is 3.48. The molecule has 1 aliphatic heterocycles. The van der Waals surface area contributed by atoms with Crippen LogP contribution in [0.2, 0.25) is 0 Å². The van der Waals surface area contributed by atoms with Gasteiger partial charge in [-0.15, -0.1) is 11.3 Å². The summed E-state index contributed by atoms with van der Waals surface area (Å²) < 4.78 is 2.60. The molecular weight excluding hydrogens is 314 g/mol. The highest BCUT2D eigenvalue weighted by molar-refractivity contribution is 9.10. The average Bonchev–Trinajstić information content (AvgIpc) is 2.76. The molecule has 3 heterocycles. The minimum atomic E-state index is -0.0485. The molecule has 6 heteroatoms. The number of aromatic nitrogens is 2. The maximum Gasteiger partial charge on any atom is 0.269 e. The van der Waals surface area contributed by atoms with Crippen LogP contribution in [0.1, 0.15) is 17.0 Å². The molecule has 94 valence electrons. The minimum Gasteiger partial charge on any atom is -0.383 e. The molecule has 2 aromatic rings. The van der Waals surface area contributed by atoms with E-state index in [1.165, 1.54) is 0 Å². The normalized spacial score (nSPS) is 14.1. The molecule has 2 aromatic heterocycles. The van der Waals surface area contributed by atoms with Crippen molar-refractivity contribution in [3.63, 3.8) is 0 Å². The predicted molar refractivity (Wildman–Crippen MR) is 76.4 cm³/mol. The molecule has 0 fully saturated rings. The molecule has 0 saturated heterocycles. The van der Waals surface area contributed by atoms with Gasteiger partial charge in [0.2, 0.25) is 0 Å². The molecule has 1 aliphatic rings. The lowest BCUT2D eigenvalue weighted by Crippen LogP contribution is -2.27. The molecule has 18 heavy (non-hydrogen) atoms. The molecule has 3 rings (SSSR count). The topological polar surface area (TPSA) is 46.9 Å². The molecule has 0 aliphatic carbocycles. The lowest BCUT2D eigenvalue weighted by atomic mass is 10.1. The van der Waals surface area contributed by atoms with Crippen LogP contribution < -0.4 is 10.9 Å². The van der Waals surface area contributed by atoms with E-state index in [1.54, 1.807) is 22.1 Å². The Labute approximate surface area is 117 Å². The van der Waals surface area contributed by atoms with Crippen molar-refractivity contribution < 1.29 is 0 Å². The van der Waals surface area contributed by atoms with Crippen LogP contribution in [0.15, 0.2) is 26.8 Å². The van der Waals surface area contributed by atoms with Gasteiger partial charge >= 0.3 is 0 Å². The van der Waals surface area contributed by atoms with Gasteiger partial charge in [0, 0.05) is 27.3 Å². The summed E-state index contributed by atoms with van der Waals surface area (Å²) in [6.07, 6.45) is 2.01. The first-order valence-electron chi connectivity index (χ1n) is 5.80. The fraction of sp³-hybridized carbons (Fsp3) is 0.333. The van der Waals surface area contributed by atoms with Crippen molar-refractivity contribution in [2.24, 2.45) is 0 Å². The minimum absolute atomic E-state index is 0.0485. The smallest absolute Gasteiger partial charge is 0.269 e. The van der Waals surface area contributed by atoms with Crippen molar-refractivity contribution in [3.05, 3.63) is 42.9 Å². The molecule has 0 saturated carbocycles. The van der Waals surface area contributed by atoms with Crippen LogP contribution in [0.25, 0.3) is 0 Å². The van der Waals surface area contributed by atoms with Crippen LogP contribution >= 0.6 is 27.3 Å². The third kappa shape index (κ3) is 2.35. The lowest BCUT2D eigenvalue weighted by molar-refractivity contribution is 0.613. The van der Waals surface area contributed by atoms with Crippen molar-refractivity contribution in [3.8, 4) is 0 Å². The molecule has 0 aromatic carbocycles. The SMILES string of the molecule is O=c1cc2c(nn1Cc1cc(Br)cs1)CCCN2. The van der Waals surface area contributed by atoms with Gasteiger partial charge in [0.05, 0.1) is 17.9 Å². The highest BCUT2D eigenvalue weighted by Gasteiger charge is 2.13. The molecule has 0 atom stereocenters. The molecule has 0 unspecified atom stereocenters. The van der Waals surface area contributed by atoms with Crippen LogP contribution in [0.4, 0.5) is 5.69 Å². The van der Waals surface area contributed by atoms with Crippen LogP contribution in [0, 0.1) is 0 Å². The summed E-state index contributed by atoms with van der Waals surface area (Å²) in [5.74, 6) is 0. The lowest BCUT2D eigenvalue weighted by Gasteiger charge is -2.17. The first-order valence-corrected chi connectivity index (χ1v) is 7.47. The standard InChI is InChI=1S/C12H12BrN3OS/c13-8-4-9(18-7-8)6-16-12(17)5-11-10(15-16)2-1-3-14-11/h4-5,7,14H,1-3,6H2. The summed E-state index contributed by atoms with van der Waals surface area (Å²) >= 11 is 5.04. The van der Waals surface area contributed by atoms with Gasteiger partial charge in [0.1, 0.15) is 0 Å². The highest BCUT2D eigenvalue weighted by atomic mass is 79.9. The quantitative estimate of drug-likeness (QED) is 0.922. The van der Waals surface area contributed by atoms with E-state index in [4.69, 9.17) is 0 Å². The summed E-state index contributed by atoms with van der Waals surface area (Å²) in [6.45, 7) is 1.47. The molecule has 0 bridgehead atoms. The average molecular weight is 326 g/mol. The first-order chi connectivity index (χ1) is 8.72. The molecule has 0 radical (unpaired) electrons. The summed E-state index contributed by atoms with van der Waals surface area (Å²) in [5.41, 5.74) is 1.85. The molecule has 1 N–H and O–H groups in total. The van der Waals surface area contributed by atoms with Crippen LogP contribution in [-0.4, -0.2) is 16.3 Å². The summed E-state index contributed by atoms with van der Waals surface area (Å²) in [6, 6.07) is 3.68. The fourth-order valence-electron chi connectivity index (χ4n) is 2.04. The number of rotatable bonds is 2. The number of anilines is 1. The van der Waals surface area contributed by atoms with Crippen LogP contribution in [0.5, 0.6) is 0 Å². The van der Waals surface area contributed by atoms with Gasteiger partial charge in [-0.3, -0.25) is 4.79 Å². The Balaban J connectivity index is 1.94. The van der Waals surface area contributed by atoms with E-state index < -0.39 is 0 Å². The molecular formula is C12H12BrN3OS. The summed E-state index contributed by atoms with van der Waals surface area (Å²) in [5, 5.41) is 9.68. The number of fused-ring (bicyclic) bond motifs is 1. The third-order valence-electron chi connectivity index (χ3n) is 2.91. The number of hydrogen-bond acceptors (Lipinski definition) is 4. The van der Waals surface area contributed by atoms with Gasteiger partial charge in [-0.1, -0.05) is 0 Å². The van der Waals surface area contributed by atoms with Gasteiger partial charge in [-0.2, -0.15) is 5.10 Å². The van der Waals surface area contributed by atoms with Gasteiger partial charge in [-0.05, 0) is 34.8 Å². The Morgan fingerprint density at radius 3 is 3.17 bits per heavy atom. The maximum atomic E-state index is 12.0. The van der Waals surface area contributed by atoms with E-state index in [0.29, 0.717) is 6.54 Å².